The molecule has 0 aromatic carbocycles. The maximum atomic E-state index is 5.41. The van der Waals surface area contributed by atoms with Crippen molar-refractivity contribution in [1.29, 1.82) is 0 Å². The second kappa shape index (κ2) is 6.60. The molecule has 68 valence electrons. The fourth-order valence-corrected chi connectivity index (χ4v) is 10.9. The molecule has 0 aromatic rings. The van der Waals surface area contributed by atoms with Crippen LogP contribution < -0.4 is 0 Å². The first kappa shape index (κ1) is 12.1. The van der Waals surface area contributed by atoms with Gasteiger partial charge in [0.25, 0.3) is 0 Å². The lowest BCUT2D eigenvalue weighted by molar-refractivity contribution is 0.294. The Morgan fingerprint density at radius 3 is 1.82 bits per heavy atom. The molecular weight excluding hydrogens is 228 g/mol. The van der Waals surface area contributed by atoms with E-state index in [0.29, 0.717) is 31.5 Å². The lowest BCUT2D eigenvalue weighted by atomic mass is 10.6. The van der Waals surface area contributed by atoms with Gasteiger partial charge in [-0.2, -0.15) is 12.6 Å². The van der Waals surface area contributed by atoms with E-state index < -0.39 is 8.80 Å². The summed E-state index contributed by atoms with van der Waals surface area (Å²) < 4.78 is 16.2. The average molecular weight is 245 g/mol. The Balaban J connectivity index is 3.84. The Morgan fingerprint density at radius 1 is 1.09 bits per heavy atom. The van der Waals surface area contributed by atoms with Crippen LogP contribution in [-0.4, -0.2) is 46.0 Å². The van der Waals surface area contributed by atoms with Crippen LogP contribution in [0.25, 0.3) is 0 Å². The zero-order chi connectivity index (χ0) is 8.74. The van der Waals surface area contributed by atoms with Gasteiger partial charge in [0.2, 0.25) is 0 Å². The summed E-state index contributed by atoms with van der Waals surface area (Å²) in [5.74, 6) is 0.884. The molecule has 0 radical (unpaired) electrons. The van der Waals surface area contributed by atoms with Crippen LogP contribution in [-0.2, 0) is 12.3 Å². The van der Waals surface area contributed by atoms with Crippen LogP contribution in [0.15, 0.2) is 0 Å². The molecule has 0 atom stereocenters. The molecule has 0 spiro atoms. The minimum Gasteiger partial charge on any atom is -0.425 e. The Hall–Kier alpha value is 1.10. The summed E-state index contributed by atoms with van der Waals surface area (Å²) in [5, 5.41) is 0. The van der Waals surface area contributed by atoms with Crippen LogP contribution in [0.1, 0.15) is 6.42 Å². The molecule has 0 aromatic heterocycles. The number of thiol groups is 1. The van der Waals surface area contributed by atoms with Gasteiger partial charge in [-0.05, 0) is 12.2 Å². The van der Waals surface area contributed by atoms with Gasteiger partial charge in [0.1, 0.15) is 31.5 Å². The Kier molecular flexibility index (Phi) is 7.25. The van der Waals surface area contributed by atoms with Crippen LogP contribution in [0.5, 0.6) is 0 Å². The largest absolute Gasteiger partial charge is 0.467 e. The first-order valence-corrected chi connectivity index (χ1v) is 8.52. The van der Waals surface area contributed by atoms with Crippen molar-refractivity contribution in [2.24, 2.45) is 0 Å². The molecule has 11 heavy (non-hydrogen) atoms. The summed E-state index contributed by atoms with van der Waals surface area (Å²) in [6, 6.07) is 0.938. The molecular formula is C3H16O3SSi4. The molecule has 3 nitrogen and oxygen atoms in total. The quantitative estimate of drug-likeness (QED) is 0.402. The van der Waals surface area contributed by atoms with Crippen molar-refractivity contribution in [2.75, 3.05) is 5.75 Å². The van der Waals surface area contributed by atoms with E-state index in [9.17, 15) is 0 Å². The van der Waals surface area contributed by atoms with E-state index in [1.54, 1.807) is 0 Å². The molecule has 0 saturated carbocycles. The summed E-state index contributed by atoms with van der Waals surface area (Å²) in [6.07, 6.45) is 1.03. The van der Waals surface area contributed by atoms with E-state index in [1.165, 1.54) is 0 Å². The standard InChI is InChI=1S/C3H16O3SSi4/c7-2-1-3-11(4-8,5-9)6-10/h7H,1-3H2,8-10H3. The molecule has 0 aliphatic carbocycles. The van der Waals surface area contributed by atoms with Crippen molar-refractivity contribution in [3.8, 4) is 0 Å². The fraction of sp³-hybridized carbons (Fsp3) is 1.00. The minimum absolute atomic E-state index is 0.713. The Morgan fingerprint density at radius 2 is 1.55 bits per heavy atom. The average Bonchev–Trinajstić information content (AvgIpc) is 2.08. The molecule has 0 amide bonds. The van der Waals surface area contributed by atoms with Crippen LogP contribution >= 0.6 is 12.6 Å². The van der Waals surface area contributed by atoms with Crippen LogP contribution in [0.3, 0.4) is 0 Å². The first-order chi connectivity index (χ1) is 5.24. The molecule has 0 fully saturated rings. The highest BCUT2D eigenvalue weighted by molar-refractivity contribution is 7.80. The van der Waals surface area contributed by atoms with E-state index in [1.807, 2.05) is 0 Å². The maximum absolute atomic E-state index is 5.41. The smallest absolute Gasteiger partial charge is 0.425 e. The zero-order valence-corrected chi connectivity index (χ0v) is 15.2. The molecule has 0 aliphatic heterocycles. The highest BCUT2D eigenvalue weighted by atomic mass is 32.1. The van der Waals surface area contributed by atoms with Gasteiger partial charge in [-0.3, -0.25) is 0 Å². The third-order valence-corrected chi connectivity index (χ3v) is 10.3. The monoisotopic (exact) mass is 244 g/mol. The van der Waals surface area contributed by atoms with Crippen LogP contribution in [0.4, 0.5) is 0 Å². The predicted molar refractivity (Wildman–Crippen MR) is 62.1 cm³/mol. The van der Waals surface area contributed by atoms with E-state index in [2.05, 4.69) is 12.6 Å². The van der Waals surface area contributed by atoms with Gasteiger partial charge in [0, 0.05) is 6.04 Å². The molecule has 0 N–H and O–H groups in total. The molecule has 0 saturated heterocycles. The number of hydrogen-bond donors (Lipinski definition) is 1. The Labute approximate surface area is 83.6 Å². The second-order valence-electron chi connectivity index (χ2n) is 2.12. The molecule has 0 heterocycles. The van der Waals surface area contributed by atoms with Crippen molar-refractivity contribution < 1.29 is 12.3 Å². The zero-order valence-electron chi connectivity index (χ0n) is 7.29. The van der Waals surface area contributed by atoms with Crippen LogP contribution in [0.2, 0.25) is 6.04 Å². The van der Waals surface area contributed by atoms with Crippen molar-refractivity contribution in [3.05, 3.63) is 0 Å². The summed E-state index contributed by atoms with van der Waals surface area (Å²) in [5.41, 5.74) is 0. The first-order valence-electron chi connectivity index (χ1n) is 3.51. The minimum atomic E-state index is -2.10. The normalized spacial score (nSPS) is 17.2. The van der Waals surface area contributed by atoms with E-state index in [-0.39, 0.29) is 0 Å². The van der Waals surface area contributed by atoms with E-state index >= 15 is 0 Å². The van der Waals surface area contributed by atoms with Gasteiger partial charge in [-0.25, -0.2) is 0 Å². The highest BCUT2D eigenvalue weighted by Crippen LogP contribution is 2.13. The molecule has 0 bridgehead atoms. The Bertz CT molecular complexity index is 92.3. The lowest BCUT2D eigenvalue weighted by Crippen LogP contribution is -2.44. The molecule has 0 unspecified atom stereocenters. The summed E-state index contributed by atoms with van der Waals surface area (Å²) >= 11 is 4.14. The SMILES string of the molecule is [SiH3]O[Si](CCCS)(O[SiH3])O[SiH3]. The van der Waals surface area contributed by atoms with Crippen molar-refractivity contribution in [1.82, 2.24) is 0 Å². The molecule has 8 heteroatoms. The maximum Gasteiger partial charge on any atom is 0.467 e. The van der Waals surface area contributed by atoms with Crippen molar-refractivity contribution in [2.45, 2.75) is 12.5 Å². The van der Waals surface area contributed by atoms with Crippen molar-refractivity contribution in [3.63, 3.8) is 0 Å². The molecule has 0 rings (SSSR count). The highest BCUT2D eigenvalue weighted by Gasteiger charge is 2.34. The third-order valence-electron chi connectivity index (χ3n) is 1.57. The predicted octanol–water partition coefficient (Wildman–Crippen LogP) is -2.86. The summed E-state index contributed by atoms with van der Waals surface area (Å²) in [6.45, 7) is 0. The summed E-state index contributed by atoms with van der Waals surface area (Å²) in [7, 11) is 0.0382. The summed E-state index contributed by atoms with van der Waals surface area (Å²) in [4.78, 5) is 0. The van der Waals surface area contributed by atoms with Crippen LogP contribution in [0, 0.1) is 0 Å². The lowest BCUT2D eigenvalue weighted by Gasteiger charge is -2.25. The third kappa shape index (κ3) is 4.03. The van der Waals surface area contributed by atoms with Gasteiger partial charge in [0.05, 0.1) is 0 Å². The fourth-order valence-electron chi connectivity index (χ4n) is 0.852. The van der Waals surface area contributed by atoms with E-state index in [4.69, 9.17) is 12.3 Å². The second-order valence-corrected chi connectivity index (χ2v) is 9.33. The van der Waals surface area contributed by atoms with Crippen molar-refractivity contribution >= 4 is 52.9 Å². The molecule has 0 aliphatic rings. The van der Waals surface area contributed by atoms with Gasteiger partial charge < -0.3 is 12.3 Å². The van der Waals surface area contributed by atoms with Gasteiger partial charge in [0.15, 0.2) is 0 Å². The van der Waals surface area contributed by atoms with Gasteiger partial charge >= 0.3 is 8.80 Å². The van der Waals surface area contributed by atoms with Gasteiger partial charge in [-0.15, -0.1) is 0 Å². The topological polar surface area (TPSA) is 27.7 Å². The number of rotatable bonds is 6. The van der Waals surface area contributed by atoms with Gasteiger partial charge in [-0.1, -0.05) is 0 Å². The number of hydrogen-bond acceptors (Lipinski definition) is 4. The van der Waals surface area contributed by atoms with E-state index in [0.717, 1.165) is 18.2 Å².